The van der Waals surface area contributed by atoms with E-state index in [1.165, 1.54) is 5.56 Å². The SMILES string of the molecule is CCC(C)c1ccc(NCC(N)CC(=O)O)cc1. The Kier molecular flexibility index (Phi) is 5.65. The van der Waals surface area contributed by atoms with E-state index in [1.807, 2.05) is 12.1 Å². The van der Waals surface area contributed by atoms with Gasteiger partial charge in [0.1, 0.15) is 0 Å². The Balaban J connectivity index is 2.46. The lowest BCUT2D eigenvalue weighted by Crippen LogP contribution is -2.31. The lowest BCUT2D eigenvalue weighted by atomic mass is 9.98. The van der Waals surface area contributed by atoms with E-state index in [0.717, 1.165) is 12.1 Å². The van der Waals surface area contributed by atoms with Crippen LogP contribution >= 0.6 is 0 Å². The summed E-state index contributed by atoms with van der Waals surface area (Å²) in [6, 6.07) is 7.85. The third kappa shape index (κ3) is 4.75. The highest BCUT2D eigenvalue weighted by Gasteiger charge is 2.07. The number of carboxylic acids is 1. The molecule has 18 heavy (non-hydrogen) atoms. The highest BCUT2D eigenvalue weighted by Crippen LogP contribution is 2.20. The summed E-state index contributed by atoms with van der Waals surface area (Å²) >= 11 is 0. The van der Waals surface area contributed by atoms with Crippen LogP contribution in [0.15, 0.2) is 24.3 Å². The molecule has 100 valence electrons. The van der Waals surface area contributed by atoms with E-state index in [1.54, 1.807) is 0 Å². The van der Waals surface area contributed by atoms with Gasteiger partial charge in [-0.3, -0.25) is 4.79 Å². The van der Waals surface area contributed by atoms with Crippen molar-refractivity contribution in [1.29, 1.82) is 0 Å². The first-order valence-corrected chi connectivity index (χ1v) is 6.34. The fraction of sp³-hybridized carbons (Fsp3) is 0.500. The van der Waals surface area contributed by atoms with Crippen LogP contribution in [0.3, 0.4) is 0 Å². The second-order valence-electron chi connectivity index (χ2n) is 4.67. The van der Waals surface area contributed by atoms with Crippen LogP contribution in [0.4, 0.5) is 5.69 Å². The van der Waals surface area contributed by atoms with Crippen molar-refractivity contribution in [3.05, 3.63) is 29.8 Å². The molecule has 0 fully saturated rings. The number of nitrogens with two attached hydrogens (primary N) is 1. The molecular formula is C14H22N2O2. The van der Waals surface area contributed by atoms with Crippen molar-refractivity contribution in [3.63, 3.8) is 0 Å². The van der Waals surface area contributed by atoms with Gasteiger partial charge in [-0.15, -0.1) is 0 Å². The molecule has 4 nitrogen and oxygen atoms in total. The Bertz CT molecular complexity index is 376. The average molecular weight is 250 g/mol. The van der Waals surface area contributed by atoms with E-state index in [-0.39, 0.29) is 12.5 Å². The number of carbonyl (C=O) groups is 1. The van der Waals surface area contributed by atoms with Crippen molar-refractivity contribution in [2.45, 2.75) is 38.6 Å². The summed E-state index contributed by atoms with van der Waals surface area (Å²) in [5, 5.41) is 11.7. The van der Waals surface area contributed by atoms with Crippen LogP contribution < -0.4 is 11.1 Å². The minimum Gasteiger partial charge on any atom is -0.481 e. The van der Waals surface area contributed by atoms with Gasteiger partial charge in [-0.25, -0.2) is 0 Å². The molecule has 0 aliphatic carbocycles. The van der Waals surface area contributed by atoms with Gasteiger partial charge in [-0.05, 0) is 30.0 Å². The molecule has 4 N–H and O–H groups in total. The van der Waals surface area contributed by atoms with Crippen LogP contribution in [-0.4, -0.2) is 23.7 Å². The van der Waals surface area contributed by atoms with Gasteiger partial charge < -0.3 is 16.2 Å². The largest absolute Gasteiger partial charge is 0.481 e. The summed E-state index contributed by atoms with van der Waals surface area (Å²) in [6.07, 6.45) is 1.11. The van der Waals surface area contributed by atoms with Crippen molar-refractivity contribution in [2.24, 2.45) is 5.73 Å². The molecule has 4 heteroatoms. The Morgan fingerprint density at radius 3 is 2.50 bits per heavy atom. The van der Waals surface area contributed by atoms with Crippen molar-refractivity contribution < 1.29 is 9.90 Å². The summed E-state index contributed by atoms with van der Waals surface area (Å²) in [5.41, 5.74) is 7.97. The molecule has 2 unspecified atom stereocenters. The zero-order valence-electron chi connectivity index (χ0n) is 11.0. The van der Waals surface area contributed by atoms with Crippen molar-refractivity contribution >= 4 is 11.7 Å². The summed E-state index contributed by atoms with van der Waals surface area (Å²) in [6.45, 7) is 4.84. The predicted octanol–water partition coefficient (Wildman–Crippen LogP) is 2.41. The number of benzene rings is 1. The summed E-state index contributed by atoms with van der Waals surface area (Å²) in [5.74, 6) is -0.301. The molecule has 2 atom stereocenters. The Morgan fingerprint density at radius 1 is 1.39 bits per heavy atom. The number of rotatable bonds is 7. The summed E-state index contributed by atoms with van der Waals surface area (Å²) < 4.78 is 0. The van der Waals surface area contributed by atoms with Crippen LogP contribution in [-0.2, 0) is 4.79 Å². The first-order chi connectivity index (χ1) is 8.52. The minimum absolute atomic E-state index is 0.0159. The molecular weight excluding hydrogens is 228 g/mol. The second-order valence-corrected chi connectivity index (χ2v) is 4.67. The monoisotopic (exact) mass is 250 g/mol. The smallest absolute Gasteiger partial charge is 0.304 e. The van der Waals surface area contributed by atoms with Gasteiger partial charge in [0.2, 0.25) is 0 Å². The number of anilines is 1. The quantitative estimate of drug-likeness (QED) is 0.694. The van der Waals surface area contributed by atoms with E-state index in [2.05, 4.69) is 31.3 Å². The zero-order valence-corrected chi connectivity index (χ0v) is 11.0. The fourth-order valence-corrected chi connectivity index (χ4v) is 1.71. The van der Waals surface area contributed by atoms with E-state index in [0.29, 0.717) is 12.5 Å². The first-order valence-electron chi connectivity index (χ1n) is 6.34. The molecule has 0 amide bonds. The minimum atomic E-state index is -0.864. The summed E-state index contributed by atoms with van der Waals surface area (Å²) in [7, 11) is 0. The van der Waals surface area contributed by atoms with Gasteiger partial charge in [-0.1, -0.05) is 26.0 Å². The highest BCUT2D eigenvalue weighted by molar-refractivity contribution is 5.67. The van der Waals surface area contributed by atoms with Crippen molar-refractivity contribution in [1.82, 2.24) is 0 Å². The average Bonchev–Trinajstić information content (AvgIpc) is 2.35. The van der Waals surface area contributed by atoms with Gasteiger partial charge in [0.05, 0.1) is 6.42 Å². The van der Waals surface area contributed by atoms with Crippen molar-refractivity contribution in [2.75, 3.05) is 11.9 Å². The van der Waals surface area contributed by atoms with Gasteiger partial charge in [0, 0.05) is 18.3 Å². The van der Waals surface area contributed by atoms with Crippen molar-refractivity contribution in [3.8, 4) is 0 Å². The Labute approximate surface area is 108 Å². The molecule has 0 heterocycles. The maximum absolute atomic E-state index is 10.5. The molecule has 0 radical (unpaired) electrons. The van der Waals surface area contributed by atoms with Gasteiger partial charge in [0.15, 0.2) is 0 Å². The number of nitrogens with one attached hydrogen (secondary N) is 1. The first kappa shape index (κ1) is 14.5. The molecule has 0 aromatic heterocycles. The second kappa shape index (κ2) is 7.01. The maximum atomic E-state index is 10.5. The topological polar surface area (TPSA) is 75.3 Å². The molecule has 0 aliphatic rings. The summed E-state index contributed by atoms with van der Waals surface area (Å²) in [4.78, 5) is 10.5. The zero-order chi connectivity index (χ0) is 13.5. The highest BCUT2D eigenvalue weighted by atomic mass is 16.4. The molecule has 0 aliphatic heterocycles. The molecule has 0 spiro atoms. The van der Waals surface area contributed by atoms with E-state index in [4.69, 9.17) is 10.8 Å². The van der Waals surface area contributed by atoms with Crippen LogP contribution in [0, 0.1) is 0 Å². The molecule has 1 rings (SSSR count). The molecule has 0 saturated carbocycles. The van der Waals surface area contributed by atoms with Gasteiger partial charge in [-0.2, -0.15) is 0 Å². The standard InChI is InChI=1S/C14H22N2O2/c1-3-10(2)11-4-6-13(7-5-11)16-9-12(15)8-14(17)18/h4-7,10,12,16H,3,8-9,15H2,1-2H3,(H,17,18). The van der Waals surface area contributed by atoms with E-state index in [9.17, 15) is 4.79 Å². The predicted molar refractivity (Wildman–Crippen MR) is 73.9 cm³/mol. The van der Waals surface area contributed by atoms with E-state index < -0.39 is 5.97 Å². The molecule has 1 aromatic carbocycles. The Hall–Kier alpha value is -1.55. The Morgan fingerprint density at radius 2 is 2.00 bits per heavy atom. The number of hydrogen-bond donors (Lipinski definition) is 3. The lowest BCUT2D eigenvalue weighted by molar-refractivity contribution is -0.137. The van der Waals surface area contributed by atoms with Gasteiger partial charge in [0.25, 0.3) is 0 Å². The van der Waals surface area contributed by atoms with Crippen LogP contribution in [0.5, 0.6) is 0 Å². The fourth-order valence-electron chi connectivity index (χ4n) is 1.71. The number of carboxylic acid groups (broad SMARTS) is 1. The third-order valence-electron chi connectivity index (χ3n) is 3.10. The normalized spacial score (nSPS) is 13.9. The maximum Gasteiger partial charge on any atom is 0.304 e. The van der Waals surface area contributed by atoms with Crippen LogP contribution in [0.1, 0.15) is 38.2 Å². The van der Waals surface area contributed by atoms with Crippen LogP contribution in [0.25, 0.3) is 0 Å². The van der Waals surface area contributed by atoms with Crippen LogP contribution in [0.2, 0.25) is 0 Å². The third-order valence-corrected chi connectivity index (χ3v) is 3.10. The molecule has 1 aromatic rings. The van der Waals surface area contributed by atoms with E-state index >= 15 is 0 Å². The lowest BCUT2D eigenvalue weighted by Gasteiger charge is -2.13. The number of hydrogen-bond acceptors (Lipinski definition) is 3. The molecule has 0 saturated heterocycles. The number of aliphatic carboxylic acids is 1. The molecule has 0 bridgehead atoms. The van der Waals surface area contributed by atoms with Gasteiger partial charge >= 0.3 is 5.97 Å².